The summed E-state index contributed by atoms with van der Waals surface area (Å²) < 4.78 is 19.6. The molecule has 0 unspecified atom stereocenters. The van der Waals surface area contributed by atoms with Crippen molar-refractivity contribution in [2.75, 3.05) is 56.5 Å². The molecule has 11 nitrogen and oxygen atoms in total. The maximum Gasteiger partial charge on any atom is 0.261 e. The van der Waals surface area contributed by atoms with E-state index in [1.807, 2.05) is 13.0 Å². The Kier molecular flexibility index (Phi) is 8.44. The highest BCUT2D eigenvalue weighted by atomic mass is 19.1. The summed E-state index contributed by atoms with van der Waals surface area (Å²) in [5, 5.41) is 17.5. The van der Waals surface area contributed by atoms with Gasteiger partial charge in [0, 0.05) is 68.5 Å². The van der Waals surface area contributed by atoms with Crippen molar-refractivity contribution < 1.29 is 14.3 Å². The van der Waals surface area contributed by atoms with Crippen LogP contribution in [0, 0.1) is 18.2 Å². The van der Waals surface area contributed by atoms with Crippen LogP contribution in [-0.4, -0.2) is 104 Å². The first kappa shape index (κ1) is 32.3. The van der Waals surface area contributed by atoms with Crippen molar-refractivity contribution in [3.05, 3.63) is 53.7 Å². The minimum atomic E-state index is -0.690. The highest BCUT2D eigenvalue weighted by molar-refractivity contribution is 6.05. The summed E-state index contributed by atoms with van der Waals surface area (Å²) in [6.45, 7) is 8.83. The number of hydrogen-bond donors (Lipinski definition) is 2. The molecule has 1 amide bonds. The van der Waals surface area contributed by atoms with Gasteiger partial charge in [0.25, 0.3) is 5.91 Å². The van der Waals surface area contributed by atoms with Crippen molar-refractivity contribution in [1.29, 1.82) is 0 Å². The van der Waals surface area contributed by atoms with E-state index in [1.165, 1.54) is 51.3 Å². The standard InChI is InChI=1S/C37H48FN9O2/c1-24-30(21-40-44(24)3)34-33(38)29(10-15-39-34)35(49)42-36-41-31-9-6-27(20-32(31)47(36)26-4-7-28(48)8-5-26)45-16-11-25(12-17-45)46-18-13-37(14-19-46)22-43(2)23-37/h6,9-10,15,20-21,25-26,28,48H,4-5,7-8,11-14,16-19,22-23H2,1-3H3,(H,41,42,49). The van der Waals surface area contributed by atoms with Crippen molar-refractivity contribution in [2.45, 2.75) is 76.5 Å². The molecule has 260 valence electrons. The fourth-order valence-corrected chi connectivity index (χ4v) is 9.03. The maximum atomic E-state index is 15.9. The Hall–Kier alpha value is -3.87. The number of nitrogens with one attached hydrogen (secondary N) is 1. The summed E-state index contributed by atoms with van der Waals surface area (Å²) in [7, 11) is 4.02. The van der Waals surface area contributed by atoms with Gasteiger partial charge in [-0.15, -0.1) is 0 Å². The number of likely N-dealkylation sites (tertiary alicyclic amines) is 2. The van der Waals surface area contributed by atoms with Crippen molar-refractivity contribution in [3.8, 4) is 11.3 Å². The Morgan fingerprint density at radius 2 is 1.71 bits per heavy atom. The van der Waals surface area contributed by atoms with E-state index in [4.69, 9.17) is 4.98 Å². The molecule has 3 aliphatic heterocycles. The number of anilines is 2. The normalized spacial score (nSPS) is 23.7. The van der Waals surface area contributed by atoms with Crippen LogP contribution in [0.4, 0.5) is 16.0 Å². The molecule has 0 bridgehead atoms. The molecule has 2 N–H and O–H groups in total. The minimum absolute atomic E-state index is 0.0541. The summed E-state index contributed by atoms with van der Waals surface area (Å²) in [6.07, 6.45) is 10.6. The molecule has 1 aromatic carbocycles. The van der Waals surface area contributed by atoms with Gasteiger partial charge in [-0.3, -0.25) is 19.8 Å². The first-order valence-corrected chi connectivity index (χ1v) is 18.0. The lowest BCUT2D eigenvalue weighted by Crippen LogP contribution is -2.60. The van der Waals surface area contributed by atoms with Gasteiger partial charge < -0.3 is 24.4 Å². The lowest BCUT2D eigenvalue weighted by Gasteiger charge is -2.54. The number of hydrogen-bond acceptors (Lipinski definition) is 8. The van der Waals surface area contributed by atoms with Crippen molar-refractivity contribution in [1.82, 2.24) is 34.1 Å². The summed E-state index contributed by atoms with van der Waals surface area (Å²) in [4.78, 5) is 30.5. The Morgan fingerprint density at radius 1 is 0.980 bits per heavy atom. The number of halogens is 1. The van der Waals surface area contributed by atoms with E-state index in [-0.39, 0.29) is 23.4 Å². The average molecular weight is 670 g/mol. The molecule has 4 aromatic rings. The minimum Gasteiger partial charge on any atom is -0.393 e. The van der Waals surface area contributed by atoms with Crippen LogP contribution in [0.15, 0.2) is 36.7 Å². The quantitative estimate of drug-likeness (QED) is 0.296. The number of fused-ring (bicyclic) bond motifs is 1. The van der Waals surface area contributed by atoms with Crippen molar-refractivity contribution in [2.24, 2.45) is 12.5 Å². The smallest absolute Gasteiger partial charge is 0.261 e. The number of aliphatic hydroxyl groups excluding tert-OH is 1. The summed E-state index contributed by atoms with van der Waals surface area (Å²) in [6, 6.07) is 8.48. The fraction of sp³-hybridized carbons (Fsp3) is 0.568. The number of aromatic nitrogens is 5. The number of aliphatic hydroxyl groups is 1. The van der Waals surface area contributed by atoms with Gasteiger partial charge in [-0.05, 0) is 108 Å². The summed E-state index contributed by atoms with van der Waals surface area (Å²) in [5.74, 6) is -0.872. The second-order valence-electron chi connectivity index (χ2n) is 15.1. The number of imidazole rings is 1. The number of nitrogens with zero attached hydrogens (tertiary/aromatic N) is 8. The zero-order chi connectivity index (χ0) is 33.9. The predicted molar refractivity (Wildman–Crippen MR) is 188 cm³/mol. The van der Waals surface area contributed by atoms with E-state index >= 15 is 4.39 Å². The number of carbonyl (C=O) groups is 1. The molecule has 3 aromatic heterocycles. The van der Waals surface area contributed by atoms with E-state index < -0.39 is 11.7 Å². The molecule has 6 heterocycles. The lowest BCUT2D eigenvalue weighted by molar-refractivity contribution is -0.0419. The third-order valence-electron chi connectivity index (χ3n) is 12.0. The van der Waals surface area contributed by atoms with Crippen LogP contribution in [-0.2, 0) is 7.05 Å². The SMILES string of the molecule is Cc1c(-c2nccc(C(=O)Nc3nc4ccc(N5CCC(N6CCC7(CC6)CN(C)C7)CC5)cc4n3C3CCC(O)CC3)c2F)cnn1C. The van der Waals surface area contributed by atoms with E-state index in [2.05, 4.69) is 53.8 Å². The number of carbonyl (C=O) groups excluding carboxylic acids is 1. The summed E-state index contributed by atoms with van der Waals surface area (Å²) in [5.41, 5.74) is 4.77. The molecule has 1 spiro atoms. The molecular weight excluding hydrogens is 621 g/mol. The molecule has 8 rings (SSSR count). The molecule has 4 aliphatic rings. The van der Waals surface area contributed by atoms with Crippen LogP contribution >= 0.6 is 0 Å². The number of amides is 1. The molecule has 0 radical (unpaired) electrons. The third-order valence-corrected chi connectivity index (χ3v) is 12.0. The van der Waals surface area contributed by atoms with Crippen LogP contribution in [0.25, 0.3) is 22.3 Å². The topological polar surface area (TPSA) is 108 Å². The van der Waals surface area contributed by atoms with Crippen molar-refractivity contribution in [3.63, 3.8) is 0 Å². The highest BCUT2D eigenvalue weighted by Crippen LogP contribution is 2.41. The van der Waals surface area contributed by atoms with Gasteiger partial charge in [0.15, 0.2) is 5.82 Å². The number of rotatable bonds is 6. The molecule has 49 heavy (non-hydrogen) atoms. The Balaban J connectivity index is 1.03. The Labute approximate surface area is 287 Å². The molecule has 3 saturated heterocycles. The lowest BCUT2D eigenvalue weighted by atomic mass is 9.72. The van der Waals surface area contributed by atoms with Gasteiger partial charge in [-0.1, -0.05) is 0 Å². The Bertz CT molecular complexity index is 1840. The molecule has 0 atom stereocenters. The molecule has 1 saturated carbocycles. The first-order valence-electron chi connectivity index (χ1n) is 18.0. The molecular formula is C37H48FN9O2. The van der Waals surface area contributed by atoms with Gasteiger partial charge in [0.2, 0.25) is 5.95 Å². The molecule has 4 fully saturated rings. The van der Waals surface area contributed by atoms with Gasteiger partial charge in [0.1, 0.15) is 5.69 Å². The highest BCUT2D eigenvalue weighted by Gasteiger charge is 2.44. The Morgan fingerprint density at radius 3 is 2.39 bits per heavy atom. The molecule has 12 heteroatoms. The van der Waals surface area contributed by atoms with E-state index in [0.717, 1.165) is 61.2 Å². The van der Waals surface area contributed by atoms with Gasteiger partial charge in [-0.25, -0.2) is 9.37 Å². The average Bonchev–Trinajstić information content (AvgIpc) is 3.62. The second-order valence-corrected chi connectivity index (χ2v) is 15.1. The number of benzene rings is 1. The van der Waals surface area contributed by atoms with Crippen molar-refractivity contribution >= 4 is 28.6 Å². The number of piperidine rings is 2. The fourth-order valence-electron chi connectivity index (χ4n) is 9.03. The van der Waals surface area contributed by atoms with Crippen LogP contribution in [0.2, 0.25) is 0 Å². The van der Waals surface area contributed by atoms with Gasteiger partial charge in [-0.2, -0.15) is 5.10 Å². The van der Waals surface area contributed by atoms with E-state index in [1.54, 1.807) is 17.9 Å². The second kappa shape index (κ2) is 12.8. The van der Waals surface area contributed by atoms with Crippen LogP contribution < -0.4 is 10.2 Å². The monoisotopic (exact) mass is 669 g/mol. The van der Waals surface area contributed by atoms with Gasteiger partial charge >= 0.3 is 0 Å². The van der Waals surface area contributed by atoms with Gasteiger partial charge in [0.05, 0.1) is 28.9 Å². The predicted octanol–water partition coefficient (Wildman–Crippen LogP) is 5.00. The molecule has 1 aliphatic carbocycles. The number of pyridine rings is 1. The van der Waals surface area contributed by atoms with Crippen LogP contribution in [0.3, 0.4) is 0 Å². The van der Waals surface area contributed by atoms with Crippen LogP contribution in [0.1, 0.15) is 73.5 Å². The number of aryl methyl sites for hydroxylation is 1. The van der Waals surface area contributed by atoms with Crippen LogP contribution in [0.5, 0.6) is 0 Å². The van der Waals surface area contributed by atoms with E-state index in [9.17, 15) is 9.90 Å². The summed E-state index contributed by atoms with van der Waals surface area (Å²) >= 11 is 0. The first-order chi connectivity index (χ1) is 23.7. The van der Waals surface area contributed by atoms with E-state index in [0.29, 0.717) is 35.8 Å². The third kappa shape index (κ3) is 6.01. The zero-order valence-corrected chi connectivity index (χ0v) is 28.9. The maximum absolute atomic E-state index is 15.9. The largest absolute Gasteiger partial charge is 0.393 e. The zero-order valence-electron chi connectivity index (χ0n) is 28.9.